The van der Waals surface area contributed by atoms with E-state index in [2.05, 4.69) is 5.10 Å². The van der Waals surface area contributed by atoms with Gasteiger partial charge in [0.15, 0.2) is 0 Å². The summed E-state index contributed by atoms with van der Waals surface area (Å²) in [6.45, 7) is 0. The van der Waals surface area contributed by atoms with E-state index in [1.54, 1.807) is 10.9 Å². The molecule has 0 saturated heterocycles. The van der Waals surface area contributed by atoms with Crippen LogP contribution in [0.5, 0.6) is 0 Å². The lowest BCUT2D eigenvalue weighted by Crippen LogP contribution is -2.68. The molecule has 0 amide bonds. The first-order chi connectivity index (χ1) is 10.4. The molecule has 1 heterocycles. The average molecular weight is 308 g/mol. The summed E-state index contributed by atoms with van der Waals surface area (Å²) in [5.41, 5.74) is 0.906. The second-order valence-electron chi connectivity index (χ2n) is 3.97. The van der Waals surface area contributed by atoms with Gasteiger partial charge in [0.1, 0.15) is 7.57 Å². The van der Waals surface area contributed by atoms with Crippen molar-refractivity contribution < 1.29 is 34.9 Å². The highest BCUT2D eigenvalue weighted by Crippen LogP contribution is 2.09. The second-order valence-corrected chi connectivity index (χ2v) is 4.72. The monoisotopic (exact) mass is 307 g/mol. The van der Waals surface area contributed by atoms with E-state index in [4.69, 9.17) is 20.0 Å². The van der Waals surface area contributed by atoms with E-state index in [1.165, 1.54) is 0 Å². The third kappa shape index (κ3) is 5.07. The lowest BCUT2D eigenvalue weighted by molar-refractivity contribution is -2.00. The highest BCUT2D eigenvalue weighted by atomic mass is 35.7. The van der Waals surface area contributed by atoms with Crippen molar-refractivity contribution in [1.29, 1.82) is 0 Å². The molecule has 0 unspecified atom stereocenters. The van der Waals surface area contributed by atoms with Crippen molar-refractivity contribution in [3.05, 3.63) is 67.0 Å². The van der Waals surface area contributed by atoms with Crippen LogP contribution in [0, 0.1) is 10.2 Å². The third-order valence-corrected chi connectivity index (χ3v) is 2.50. The zero-order valence-corrected chi connectivity index (χ0v) is 11.4. The molecule has 0 atom stereocenters. The molecule has 0 aliphatic carbocycles. The molecule has 6 nitrogen and oxygen atoms in total. The van der Waals surface area contributed by atoms with Crippen LogP contribution in [0.3, 0.4) is 0 Å². The quantitative estimate of drug-likeness (QED) is 0.472. The van der Waals surface area contributed by atoms with Crippen molar-refractivity contribution in [3.63, 3.8) is 0 Å². The minimum Gasteiger partial charge on any atom is -0.222 e. The first-order valence-corrected chi connectivity index (χ1v) is 7.03. The molecule has 3 rings (SSSR count). The number of hydrogen-bond acceptors (Lipinski definition) is 5. The lowest BCUT2D eigenvalue weighted by Gasteiger charge is -2.17. The fourth-order valence-corrected chi connectivity index (χ4v) is 1.67. The minimum atomic E-state index is -4.94. The van der Waals surface area contributed by atoms with E-state index in [-0.39, 0.29) is 0 Å². The summed E-state index contributed by atoms with van der Waals surface area (Å²) in [6, 6.07) is 17.5. The molecule has 0 saturated carbocycles. The van der Waals surface area contributed by atoms with E-state index in [9.17, 15) is 0 Å². The number of hydrogen-bond donors (Lipinski definition) is 0. The molecule has 0 fully saturated rings. The minimum absolute atomic E-state index is 0.411. The number of aromatic nitrogens is 2. The summed E-state index contributed by atoms with van der Waals surface area (Å²) in [4.78, 5) is 0. The Hall–Kier alpha value is -2.09. The molecule has 0 aliphatic rings. The molecular weight excluding hydrogens is 296 g/mol. The van der Waals surface area contributed by atoms with Crippen molar-refractivity contribution in [2.24, 2.45) is 0 Å². The van der Waals surface area contributed by atoms with Crippen LogP contribution in [0.1, 0.15) is 1.37 Å². The second kappa shape index (κ2) is 6.57. The Bertz CT molecular complexity index is 760. The molecular formula is C14H11ClN2O4. The van der Waals surface area contributed by atoms with Gasteiger partial charge in [0.25, 0.3) is 0 Å². The Morgan fingerprint density at radius 1 is 0.857 bits per heavy atom. The van der Waals surface area contributed by atoms with Gasteiger partial charge in [-0.2, -0.15) is 0 Å². The van der Waals surface area contributed by atoms with Gasteiger partial charge in [-0.3, -0.25) is 0 Å². The zero-order chi connectivity index (χ0) is 16.2. The maximum atomic E-state index is 8.49. The summed E-state index contributed by atoms with van der Waals surface area (Å²) >= 11 is 0. The number of fused-ring (bicyclic) bond motifs is 1. The van der Waals surface area contributed by atoms with E-state index in [0.717, 1.165) is 16.5 Å². The first-order valence-electron chi connectivity index (χ1n) is 6.30. The molecule has 0 bridgehead atoms. The predicted octanol–water partition coefficient (Wildman–Crippen LogP) is -2.24. The van der Waals surface area contributed by atoms with Gasteiger partial charge >= 0.3 is 0 Å². The largest absolute Gasteiger partial charge is 0.238 e. The van der Waals surface area contributed by atoms with E-state index in [0.29, 0.717) is 6.17 Å². The van der Waals surface area contributed by atoms with Crippen LogP contribution >= 0.6 is 0 Å². The number of halogens is 1. The molecule has 2 aromatic carbocycles. The number of rotatable bonds is 1. The van der Waals surface area contributed by atoms with Crippen molar-refractivity contribution in [3.8, 4) is 5.69 Å². The number of benzene rings is 2. The van der Waals surface area contributed by atoms with Gasteiger partial charge in [0.05, 0.1) is 5.39 Å². The average Bonchev–Trinajstić information content (AvgIpc) is 2.47. The van der Waals surface area contributed by atoms with Crippen LogP contribution in [-0.2, 0) is 0 Å². The Labute approximate surface area is 124 Å². The first kappa shape index (κ1) is 13.9. The van der Waals surface area contributed by atoms with Gasteiger partial charge in [0, 0.05) is 17.5 Å². The molecule has 108 valence electrons. The molecule has 0 N–H and O–H groups in total. The Morgan fingerprint density at radius 2 is 1.38 bits per heavy atom. The van der Waals surface area contributed by atoms with Crippen molar-refractivity contribution in [2.45, 2.75) is 0 Å². The Balaban J connectivity index is 0.000000309. The van der Waals surface area contributed by atoms with Crippen molar-refractivity contribution in [1.82, 2.24) is 5.10 Å². The molecule has 7 heteroatoms. The van der Waals surface area contributed by atoms with E-state index >= 15 is 0 Å². The van der Waals surface area contributed by atoms with Crippen LogP contribution in [0.4, 0.5) is 0 Å². The maximum Gasteiger partial charge on any atom is 0.238 e. The molecule has 0 aliphatic heterocycles. The molecule has 1 aromatic heterocycles. The summed E-state index contributed by atoms with van der Waals surface area (Å²) < 4.78 is 43.8. The van der Waals surface area contributed by atoms with E-state index in [1.807, 2.05) is 54.6 Å². The smallest absolute Gasteiger partial charge is 0.222 e. The topological polar surface area (TPSA) is 109 Å². The van der Waals surface area contributed by atoms with Crippen LogP contribution < -0.4 is 23.3 Å². The van der Waals surface area contributed by atoms with Crippen molar-refractivity contribution in [2.75, 3.05) is 0 Å². The van der Waals surface area contributed by atoms with Crippen LogP contribution in [0.25, 0.3) is 16.5 Å². The van der Waals surface area contributed by atoms with Crippen LogP contribution in [-0.4, -0.2) is 5.10 Å². The molecule has 0 radical (unpaired) electrons. The number of nitrogens with zero attached hydrogens (tertiary/aromatic N) is 2. The molecule has 0 spiro atoms. The van der Waals surface area contributed by atoms with Gasteiger partial charge in [-0.1, -0.05) is 41.1 Å². The van der Waals surface area contributed by atoms with Crippen LogP contribution in [0.15, 0.2) is 67.0 Å². The Kier molecular flexibility index (Phi) is 4.34. The normalized spacial score (nSPS) is 11.5. The summed E-state index contributed by atoms with van der Waals surface area (Å²) in [5, 5.41) is 6.20. The summed E-state index contributed by atoms with van der Waals surface area (Å²) in [5.74, 6) is 0. The SMILES string of the molecule is [2H]c1c2ccccc2cn[n+]1-c1ccccc1.[O-][Cl+3]([O-])([O-])[O-]. The predicted molar refractivity (Wildman–Crippen MR) is 63.3 cm³/mol. The highest BCUT2D eigenvalue weighted by Gasteiger charge is 2.07. The van der Waals surface area contributed by atoms with Gasteiger partial charge in [-0.05, 0) is 11.2 Å². The van der Waals surface area contributed by atoms with Gasteiger partial charge in [-0.25, -0.2) is 18.6 Å². The maximum absolute atomic E-state index is 8.49. The van der Waals surface area contributed by atoms with E-state index < -0.39 is 10.2 Å². The van der Waals surface area contributed by atoms with Crippen molar-refractivity contribution >= 4 is 10.8 Å². The van der Waals surface area contributed by atoms with Gasteiger partial charge in [0.2, 0.25) is 11.9 Å². The molecule has 3 aromatic rings. The fourth-order valence-electron chi connectivity index (χ4n) is 1.67. The fraction of sp³-hybridized carbons (Fsp3) is 0. The Morgan fingerprint density at radius 3 is 2.00 bits per heavy atom. The molecule has 21 heavy (non-hydrogen) atoms. The summed E-state index contributed by atoms with van der Waals surface area (Å²) in [6.07, 6.45) is 2.20. The zero-order valence-electron chi connectivity index (χ0n) is 11.7. The number of para-hydroxylation sites is 1. The highest BCUT2D eigenvalue weighted by molar-refractivity contribution is 5.79. The third-order valence-electron chi connectivity index (χ3n) is 2.50. The van der Waals surface area contributed by atoms with Gasteiger partial charge < -0.3 is 0 Å². The standard InChI is InChI=1S/C14H11N2.ClHO4/c1-2-8-14(9-3-1)16-11-13-7-5-4-6-12(13)10-15-16;2-1(3,4)5/h1-11H;(H,2,3,4,5)/q+1;/p-1/i11D;. The van der Waals surface area contributed by atoms with Crippen LogP contribution in [0.2, 0.25) is 0 Å². The van der Waals surface area contributed by atoms with Gasteiger partial charge in [-0.15, -0.1) is 10.2 Å². The summed E-state index contributed by atoms with van der Waals surface area (Å²) in [7, 11) is -4.94. The lowest BCUT2D eigenvalue weighted by atomic mass is 10.2.